The Kier molecular flexibility index (Phi) is 6.60. The number of carbonyl (C=O) groups is 2. The molecule has 1 saturated carbocycles. The van der Waals surface area contributed by atoms with Crippen LogP contribution in [0.25, 0.3) is 0 Å². The van der Waals surface area contributed by atoms with Gasteiger partial charge in [-0.1, -0.05) is 19.9 Å². The molecule has 0 spiro atoms. The summed E-state index contributed by atoms with van der Waals surface area (Å²) in [7, 11) is 0. The molecule has 1 heterocycles. The number of fused-ring (bicyclic) bond motifs is 1. The van der Waals surface area contributed by atoms with Crippen molar-refractivity contribution >= 4 is 11.9 Å². The first-order chi connectivity index (χ1) is 13.3. The van der Waals surface area contributed by atoms with E-state index in [1.165, 1.54) is 18.4 Å². The Morgan fingerprint density at radius 3 is 2.57 bits per heavy atom. The molecular formula is C22H32N2O4. The second kappa shape index (κ2) is 8.95. The molecule has 0 aromatic heterocycles. The zero-order valence-corrected chi connectivity index (χ0v) is 16.9. The topological polar surface area (TPSA) is 92.9 Å². The minimum atomic E-state index is -1.05. The summed E-state index contributed by atoms with van der Waals surface area (Å²) < 4.78 is 6.24. The quantitative estimate of drug-likeness (QED) is 0.781. The maximum Gasteiger partial charge on any atom is 0.305 e. The van der Waals surface area contributed by atoms with Crippen molar-refractivity contribution in [2.24, 2.45) is 17.6 Å². The molecule has 3 rings (SSSR count). The molecule has 1 aliphatic carbocycles. The fraction of sp³-hybridized carbons (Fsp3) is 0.636. The second-order valence-electron chi connectivity index (χ2n) is 8.54. The van der Waals surface area contributed by atoms with Crippen LogP contribution in [0, 0.1) is 11.8 Å². The first kappa shape index (κ1) is 20.6. The highest BCUT2D eigenvalue weighted by Crippen LogP contribution is 2.33. The largest absolute Gasteiger partial charge is 0.490 e. The van der Waals surface area contributed by atoms with Crippen LogP contribution in [0.5, 0.6) is 5.75 Å². The first-order valence-corrected chi connectivity index (χ1v) is 10.4. The number of carbonyl (C=O) groups excluding carboxylic acids is 1. The maximum absolute atomic E-state index is 12.4. The number of rotatable bonds is 6. The molecule has 2 aliphatic rings. The number of hydrogen-bond donors (Lipinski definition) is 2. The van der Waals surface area contributed by atoms with E-state index in [1.54, 1.807) is 4.90 Å². The number of nitrogens with zero attached hydrogens (tertiary/aromatic N) is 1. The summed E-state index contributed by atoms with van der Waals surface area (Å²) in [4.78, 5) is 24.8. The summed E-state index contributed by atoms with van der Waals surface area (Å²) in [5.74, 6) is 1.13. The highest BCUT2D eigenvalue weighted by atomic mass is 16.5. The van der Waals surface area contributed by atoms with Crippen molar-refractivity contribution in [3.8, 4) is 5.75 Å². The number of amides is 1. The van der Waals surface area contributed by atoms with Crippen molar-refractivity contribution in [3.05, 3.63) is 29.3 Å². The van der Waals surface area contributed by atoms with Gasteiger partial charge >= 0.3 is 5.97 Å². The molecule has 6 heteroatoms. The monoisotopic (exact) mass is 388 g/mol. The van der Waals surface area contributed by atoms with Gasteiger partial charge < -0.3 is 20.5 Å². The maximum atomic E-state index is 12.4. The molecule has 28 heavy (non-hydrogen) atoms. The molecule has 0 bridgehead atoms. The minimum absolute atomic E-state index is 0.295. The van der Waals surface area contributed by atoms with E-state index in [9.17, 15) is 9.59 Å². The van der Waals surface area contributed by atoms with Crippen LogP contribution >= 0.6 is 0 Å². The number of ether oxygens (including phenoxy) is 1. The van der Waals surface area contributed by atoms with Crippen LogP contribution in [0.1, 0.15) is 57.1 Å². The Bertz CT molecular complexity index is 710. The van der Waals surface area contributed by atoms with Gasteiger partial charge in [-0.25, -0.2) is 0 Å². The van der Waals surface area contributed by atoms with Crippen LogP contribution in [0.4, 0.5) is 0 Å². The van der Waals surface area contributed by atoms with Crippen molar-refractivity contribution in [2.45, 2.75) is 71.1 Å². The van der Waals surface area contributed by atoms with E-state index in [0.29, 0.717) is 19.2 Å². The number of hydrogen-bond acceptors (Lipinski definition) is 4. The smallest absolute Gasteiger partial charge is 0.305 e. The highest BCUT2D eigenvalue weighted by molar-refractivity contribution is 5.86. The number of aliphatic carboxylic acids is 1. The Morgan fingerprint density at radius 1 is 1.21 bits per heavy atom. The number of carboxylic acid groups (broad SMARTS) is 1. The Morgan fingerprint density at radius 2 is 1.93 bits per heavy atom. The molecule has 1 aromatic carbocycles. The Hall–Kier alpha value is -2.08. The van der Waals surface area contributed by atoms with E-state index in [4.69, 9.17) is 15.6 Å². The summed E-state index contributed by atoms with van der Waals surface area (Å²) in [6, 6.07) is 5.12. The third kappa shape index (κ3) is 5.04. The molecule has 6 nitrogen and oxygen atoms in total. The normalized spacial score (nSPS) is 23.2. The van der Waals surface area contributed by atoms with Gasteiger partial charge in [0.1, 0.15) is 5.75 Å². The predicted octanol–water partition coefficient (Wildman–Crippen LogP) is 2.97. The van der Waals surface area contributed by atoms with Gasteiger partial charge in [-0.3, -0.25) is 9.59 Å². The lowest BCUT2D eigenvalue weighted by Gasteiger charge is -2.32. The molecule has 1 amide bonds. The van der Waals surface area contributed by atoms with Crippen molar-refractivity contribution in [1.82, 2.24) is 4.90 Å². The zero-order chi connectivity index (χ0) is 20.3. The number of benzene rings is 1. The number of carboxylic acids is 1. The zero-order valence-electron chi connectivity index (χ0n) is 16.9. The SMILES string of the molecule is CC(C)C1CCC(Oc2ccc3c(c2)CCN(C(=O)C(N)CC(=O)O)C3)CC1. The fourth-order valence-corrected chi connectivity index (χ4v) is 4.37. The van der Waals surface area contributed by atoms with Crippen LogP contribution < -0.4 is 10.5 Å². The van der Waals surface area contributed by atoms with Crippen molar-refractivity contribution in [3.63, 3.8) is 0 Å². The molecule has 0 radical (unpaired) electrons. The van der Waals surface area contributed by atoms with Gasteiger partial charge in [-0.2, -0.15) is 0 Å². The summed E-state index contributed by atoms with van der Waals surface area (Å²) in [5.41, 5.74) is 8.01. The van der Waals surface area contributed by atoms with Crippen LogP contribution in [-0.4, -0.2) is 40.6 Å². The van der Waals surface area contributed by atoms with Gasteiger partial charge in [0.25, 0.3) is 0 Å². The van der Waals surface area contributed by atoms with Crippen LogP contribution in [-0.2, 0) is 22.6 Å². The first-order valence-electron chi connectivity index (χ1n) is 10.4. The Labute approximate surface area is 167 Å². The average molecular weight is 389 g/mol. The predicted molar refractivity (Wildman–Crippen MR) is 107 cm³/mol. The summed E-state index contributed by atoms with van der Waals surface area (Å²) >= 11 is 0. The van der Waals surface area contributed by atoms with Gasteiger partial charge in [0.2, 0.25) is 5.91 Å². The molecule has 1 fully saturated rings. The third-order valence-electron chi connectivity index (χ3n) is 6.18. The third-order valence-corrected chi connectivity index (χ3v) is 6.18. The summed E-state index contributed by atoms with van der Waals surface area (Å²) in [6.45, 7) is 5.64. The Balaban J connectivity index is 1.57. The van der Waals surface area contributed by atoms with E-state index in [-0.39, 0.29) is 12.3 Å². The lowest BCUT2D eigenvalue weighted by atomic mass is 9.80. The average Bonchev–Trinajstić information content (AvgIpc) is 2.67. The molecule has 154 valence electrons. The number of nitrogens with two attached hydrogens (primary N) is 1. The minimum Gasteiger partial charge on any atom is -0.490 e. The molecule has 3 N–H and O–H groups in total. The van der Waals surface area contributed by atoms with Crippen LogP contribution in [0.3, 0.4) is 0 Å². The second-order valence-corrected chi connectivity index (χ2v) is 8.54. The van der Waals surface area contributed by atoms with Gasteiger partial charge in [-0.05, 0) is 67.2 Å². The van der Waals surface area contributed by atoms with Crippen molar-refractivity contribution < 1.29 is 19.4 Å². The van der Waals surface area contributed by atoms with Gasteiger partial charge in [-0.15, -0.1) is 0 Å². The molecule has 0 saturated heterocycles. The molecule has 1 aromatic rings. The highest BCUT2D eigenvalue weighted by Gasteiger charge is 2.27. The van der Waals surface area contributed by atoms with Gasteiger partial charge in [0, 0.05) is 13.1 Å². The van der Waals surface area contributed by atoms with E-state index < -0.39 is 12.0 Å². The van der Waals surface area contributed by atoms with Crippen molar-refractivity contribution in [1.29, 1.82) is 0 Å². The molecule has 1 unspecified atom stereocenters. The molecular weight excluding hydrogens is 356 g/mol. The van der Waals surface area contributed by atoms with E-state index in [0.717, 1.165) is 42.4 Å². The standard InChI is InChI=1S/C22H32N2O4/c1-14(2)15-3-6-18(7-4-15)28-19-8-5-17-13-24(10-9-16(17)11-19)22(27)20(23)12-21(25)26/h5,8,11,14-15,18,20H,3-4,6-7,9-10,12-13,23H2,1-2H3,(H,25,26). The van der Waals surface area contributed by atoms with E-state index in [2.05, 4.69) is 19.9 Å². The van der Waals surface area contributed by atoms with Gasteiger partial charge in [0.05, 0.1) is 18.6 Å². The lowest BCUT2D eigenvalue weighted by Crippen LogP contribution is -2.46. The van der Waals surface area contributed by atoms with Crippen LogP contribution in [0.15, 0.2) is 18.2 Å². The van der Waals surface area contributed by atoms with Gasteiger partial charge in [0.15, 0.2) is 0 Å². The van der Waals surface area contributed by atoms with Crippen molar-refractivity contribution in [2.75, 3.05) is 6.54 Å². The summed E-state index contributed by atoms with van der Waals surface area (Å²) in [5, 5.41) is 8.83. The lowest BCUT2D eigenvalue weighted by molar-refractivity contribution is -0.142. The van der Waals surface area contributed by atoms with E-state index in [1.807, 2.05) is 12.1 Å². The van der Waals surface area contributed by atoms with Crippen LogP contribution in [0.2, 0.25) is 0 Å². The molecule has 1 aliphatic heterocycles. The summed E-state index contributed by atoms with van der Waals surface area (Å²) in [6.07, 6.45) is 5.39. The van der Waals surface area contributed by atoms with E-state index >= 15 is 0 Å². The molecule has 1 atom stereocenters. The fourth-order valence-electron chi connectivity index (χ4n) is 4.37.